The molecule has 0 aromatic carbocycles. The predicted octanol–water partition coefficient (Wildman–Crippen LogP) is 2.63. The van der Waals surface area contributed by atoms with Gasteiger partial charge in [-0.2, -0.15) is 0 Å². The fraction of sp³-hybridized carbons (Fsp3) is 0.545. The summed E-state index contributed by atoms with van der Waals surface area (Å²) in [4.78, 5) is 7.09. The Morgan fingerprint density at radius 2 is 2.43 bits per heavy atom. The van der Waals surface area contributed by atoms with Crippen LogP contribution in [0.5, 0.6) is 0 Å². The number of hydrogen-bond acceptors (Lipinski definition) is 2. The molecule has 0 saturated carbocycles. The third kappa shape index (κ3) is 3.75. The fourth-order valence-corrected chi connectivity index (χ4v) is 1.18. The van der Waals surface area contributed by atoms with Gasteiger partial charge < -0.3 is 9.72 Å². The molecule has 3 heteroatoms. The van der Waals surface area contributed by atoms with Crippen LogP contribution in [0.25, 0.3) is 5.57 Å². The normalized spacial score (nSPS) is 10.4. The van der Waals surface area contributed by atoms with Crippen molar-refractivity contribution in [2.75, 3.05) is 13.2 Å². The third-order valence-electron chi connectivity index (χ3n) is 2.00. The van der Waals surface area contributed by atoms with Crippen molar-refractivity contribution in [2.45, 2.75) is 26.2 Å². The lowest BCUT2D eigenvalue weighted by atomic mass is 10.3. The molecular weight excluding hydrogens is 176 g/mol. The number of unbranched alkanes of at least 4 members (excludes halogenated alkanes) is 2. The van der Waals surface area contributed by atoms with Crippen molar-refractivity contribution in [2.24, 2.45) is 0 Å². The maximum absolute atomic E-state index is 5.46. The summed E-state index contributed by atoms with van der Waals surface area (Å²) in [6.07, 6.45) is 7.09. The van der Waals surface area contributed by atoms with Crippen molar-refractivity contribution >= 4 is 5.57 Å². The second-order valence-electron chi connectivity index (χ2n) is 3.30. The summed E-state index contributed by atoms with van der Waals surface area (Å²) in [7, 11) is 0. The van der Waals surface area contributed by atoms with Gasteiger partial charge in [0.15, 0.2) is 0 Å². The summed E-state index contributed by atoms with van der Waals surface area (Å²) >= 11 is 0. The van der Waals surface area contributed by atoms with Crippen LogP contribution in [0, 0.1) is 0 Å². The van der Waals surface area contributed by atoms with Crippen LogP contribution in [0.3, 0.4) is 0 Å². The van der Waals surface area contributed by atoms with Gasteiger partial charge in [-0.15, -0.1) is 0 Å². The highest BCUT2D eigenvalue weighted by molar-refractivity contribution is 5.57. The summed E-state index contributed by atoms with van der Waals surface area (Å²) in [5, 5.41) is 0. The minimum atomic E-state index is 0.567. The molecule has 0 radical (unpaired) electrons. The number of H-pyrrole nitrogens is 1. The van der Waals surface area contributed by atoms with Gasteiger partial charge in [0.1, 0.15) is 5.82 Å². The molecule has 0 bridgehead atoms. The number of rotatable bonds is 7. The maximum atomic E-state index is 5.46. The lowest BCUT2D eigenvalue weighted by Gasteiger charge is -2.04. The Balaban J connectivity index is 2.10. The van der Waals surface area contributed by atoms with E-state index in [4.69, 9.17) is 4.74 Å². The van der Waals surface area contributed by atoms with Gasteiger partial charge in [0, 0.05) is 24.6 Å². The van der Waals surface area contributed by atoms with E-state index in [9.17, 15) is 0 Å². The van der Waals surface area contributed by atoms with E-state index in [0.717, 1.165) is 24.4 Å². The van der Waals surface area contributed by atoms with E-state index in [2.05, 4.69) is 23.5 Å². The summed E-state index contributed by atoms with van der Waals surface area (Å²) in [6, 6.07) is 0. The molecule has 1 N–H and O–H groups in total. The van der Waals surface area contributed by atoms with Gasteiger partial charge in [0.25, 0.3) is 0 Å². The molecule has 0 saturated heterocycles. The minimum absolute atomic E-state index is 0.567. The quantitative estimate of drug-likeness (QED) is 0.677. The smallest absolute Gasteiger partial charge is 0.134 e. The molecule has 14 heavy (non-hydrogen) atoms. The van der Waals surface area contributed by atoms with Crippen LogP contribution in [0.2, 0.25) is 0 Å². The Kier molecular flexibility index (Phi) is 5.00. The van der Waals surface area contributed by atoms with Crippen molar-refractivity contribution in [3.63, 3.8) is 0 Å². The van der Waals surface area contributed by atoms with Crippen LogP contribution in [0.1, 0.15) is 32.0 Å². The Bertz CT molecular complexity index is 254. The van der Waals surface area contributed by atoms with E-state index in [1.807, 2.05) is 0 Å². The first kappa shape index (κ1) is 11.0. The average molecular weight is 194 g/mol. The van der Waals surface area contributed by atoms with Crippen molar-refractivity contribution in [1.82, 2.24) is 9.97 Å². The van der Waals surface area contributed by atoms with E-state index >= 15 is 0 Å². The standard InChI is InChI=1S/C11H18N2O/c1-3-4-5-8-14-9-10(2)11-12-6-7-13-11/h6-7H,2-5,8-9H2,1H3,(H,12,13). The monoisotopic (exact) mass is 194 g/mol. The molecule has 0 atom stereocenters. The second kappa shape index (κ2) is 6.38. The summed E-state index contributed by atoms with van der Waals surface area (Å²) in [6.45, 7) is 7.46. The lowest BCUT2D eigenvalue weighted by molar-refractivity contribution is 0.162. The highest BCUT2D eigenvalue weighted by Crippen LogP contribution is 2.06. The minimum Gasteiger partial charge on any atom is -0.377 e. The maximum Gasteiger partial charge on any atom is 0.134 e. The largest absolute Gasteiger partial charge is 0.377 e. The number of nitrogens with one attached hydrogen (secondary N) is 1. The molecule has 0 aliphatic rings. The molecule has 1 aromatic heterocycles. The zero-order valence-corrected chi connectivity index (χ0v) is 8.75. The van der Waals surface area contributed by atoms with Crippen molar-refractivity contribution in [3.8, 4) is 0 Å². The molecule has 1 heterocycles. The Hall–Kier alpha value is -1.09. The van der Waals surface area contributed by atoms with E-state index in [0.29, 0.717) is 6.61 Å². The fourth-order valence-electron chi connectivity index (χ4n) is 1.18. The van der Waals surface area contributed by atoms with Crippen LogP contribution in [0.4, 0.5) is 0 Å². The second-order valence-corrected chi connectivity index (χ2v) is 3.30. The molecule has 0 aliphatic carbocycles. The molecular formula is C11H18N2O. The molecule has 0 spiro atoms. The van der Waals surface area contributed by atoms with E-state index < -0.39 is 0 Å². The lowest BCUT2D eigenvalue weighted by Crippen LogP contribution is -2.00. The number of aromatic amines is 1. The van der Waals surface area contributed by atoms with Gasteiger partial charge in [0.2, 0.25) is 0 Å². The molecule has 0 amide bonds. The molecule has 0 unspecified atom stereocenters. The number of aromatic nitrogens is 2. The summed E-state index contributed by atoms with van der Waals surface area (Å²) < 4.78 is 5.46. The number of imidazole rings is 1. The van der Waals surface area contributed by atoms with Gasteiger partial charge in [-0.05, 0) is 6.42 Å². The van der Waals surface area contributed by atoms with Crippen molar-refractivity contribution in [1.29, 1.82) is 0 Å². The van der Waals surface area contributed by atoms with Crippen LogP contribution in [-0.4, -0.2) is 23.2 Å². The molecule has 0 aliphatic heterocycles. The first-order chi connectivity index (χ1) is 6.84. The number of ether oxygens (including phenoxy) is 1. The predicted molar refractivity (Wildman–Crippen MR) is 58.0 cm³/mol. The Morgan fingerprint density at radius 1 is 1.57 bits per heavy atom. The van der Waals surface area contributed by atoms with Crippen LogP contribution in [-0.2, 0) is 4.74 Å². The Morgan fingerprint density at radius 3 is 3.07 bits per heavy atom. The zero-order valence-electron chi connectivity index (χ0n) is 8.75. The first-order valence-corrected chi connectivity index (χ1v) is 5.10. The van der Waals surface area contributed by atoms with Gasteiger partial charge in [-0.3, -0.25) is 0 Å². The highest BCUT2D eigenvalue weighted by atomic mass is 16.5. The molecule has 78 valence electrons. The topological polar surface area (TPSA) is 37.9 Å². The van der Waals surface area contributed by atoms with Crippen molar-refractivity contribution in [3.05, 3.63) is 24.8 Å². The summed E-state index contributed by atoms with van der Waals surface area (Å²) in [5.41, 5.74) is 0.909. The molecule has 1 aromatic rings. The third-order valence-corrected chi connectivity index (χ3v) is 2.00. The van der Waals surface area contributed by atoms with Crippen LogP contribution in [0.15, 0.2) is 19.0 Å². The molecule has 1 rings (SSSR count). The van der Waals surface area contributed by atoms with E-state index in [1.54, 1.807) is 12.4 Å². The molecule has 0 fully saturated rings. The highest BCUT2D eigenvalue weighted by Gasteiger charge is 2.00. The summed E-state index contributed by atoms with van der Waals surface area (Å²) in [5.74, 6) is 0.820. The zero-order chi connectivity index (χ0) is 10.2. The van der Waals surface area contributed by atoms with E-state index in [1.165, 1.54) is 12.8 Å². The van der Waals surface area contributed by atoms with Gasteiger partial charge in [-0.25, -0.2) is 4.98 Å². The van der Waals surface area contributed by atoms with E-state index in [-0.39, 0.29) is 0 Å². The Labute approximate surface area is 85.2 Å². The SMILES string of the molecule is C=C(COCCCCC)c1ncc[nH]1. The van der Waals surface area contributed by atoms with Gasteiger partial charge in [0.05, 0.1) is 6.61 Å². The number of hydrogen-bond donors (Lipinski definition) is 1. The van der Waals surface area contributed by atoms with Crippen molar-refractivity contribution < 1.29 is 4.74 Å². The van der Waals surface area contributed by atoms with Crippen LogP contribution >= 0.6 is 0 Å². The average Bonchev–Trinajstić information content (AvgIpc) is 2.70. The molecule has 3 nitrogen and oxygen atoms in total. The first-order valence-electron chi connectivity index (χ1n) is 5.10. The van der Waals surface area contributed by atoms with Gasteiger partial charge in [-0.1, -0.05) is 26.3 Å². The van der Waals surface area contributed by atoms with Gasteiger partial charge >= 0.3 is 0 Å². The number of nitrogens with zero attached hydrogens (tertiary/aromatic N) is 1. The van der Waals surface area contributed by atoms with Crippen LogP contribution < -0.4 is 0 Å².